The van der Waals surface area contributed by atoms with E-state index in [9.17, 15) is 14.4 Å². The first-order chi connectivity index (χ1) is 14.0. The molecule has 2 saturated carbocycles. The zero-order chi connectivity index (χ0) is 20.1. The van der Waals surface area contributed by atoms with E-state index in [0.717, 1.165) is 16.4 Å². The maximum atomic E-state index is 12.9. The largest absolute Gasteiger partial charge is 0.462 e. The summed E-state index contributed by atoms with van der Waals surface area (Å²) in [5, 5.41) is 5.77. The SMILES string of the molecule is O=C(Nc1ccc(I)cc1)c1cccc(NC(=O)[C@@H]2[C@@H]3C[C@H]4[C@H]2C(=O)O[C@H]4C3)c1. The molecule has 2 aliphatic carbocycles. The average molecular weight is 502 g/mol. The number of benzene rings is 2. The van der Waals surface area contributed by atoms with Crippen molar-refractivity contribution in [2.24, 2.45) is 23.7 Å². The number of rotatable bonds is 4. The molecule has 2 bridgehead atoms. The van der Waals surface area contributed by atoms with Gasteiger partial charge >= 0.3 is 5.97 Å². The van der Waals surface area contributed by atoms with Gasteiger partial charge in [0, 0.05) is 26.4 Å². The summed E-state index contributed by atoms with van der Waals surface area (Å²) in [5.74, 6) is -0.894. The number of fused-ring (bicyclic) bond motifs is 1. The average Bonchev–Trinajstić information content (AvgIpc) is 3.32. The van der Waals surface area contributed by atoms with Crippen molar-refractivity contribution in [3.63, 3.8) is 0 Å². The molecular formula is C22H19IN2O4. The van der Waals surface area contributed by atoms with Gasteiger partial charge in [-0.2, -0.15) is 0 Å². The van der Waals surface area contributed by atoms with Gasteiger partial charge in [-0.05, 0) is 83.8 Å². The van der Waals surface area contributed by atoms with Crippen LogP contribution in [0.2, 0.25) is 0 Å². The van der Waals surface area contributed by atoms with E-state index in [1.165, 1.54) is 0 Å². The Labute approximate surface area is 181 Å². The Morgan fingerprint density at radius 3 is 2.59 bits per heavy atom. The van der Waals surface area contributed by atoms with Crippen molar-refractivity contribution in [3.05, 3.63) is 57.7 Å². The number of anilines is 2. The third-order valence-electron chi connectivity index (χ3n) is 6.28. The molecule has 0 unspecified atom stereocenters. The molecule has 2 N–H and O–H groups in total. The molecule has 0 spiro atoms. The Balaban J connectivity index is 1.29. The normalized spacial score (nSPS) is 28.9. The highest BCUT2D eigenvalue weighted by molar-refractivity contribution is 14.1. The fourth-order valence-electron chi connectivity index (χ4n) is 5.06. The van der Waals surface area contributed by atoms with E-state index in [0.29, 0.717) is 16.9 Å². The third kappa shape index (κ3) is 3.31. The van der Waals surface area contributed by atoms with Gasteiger partial charge in [0.2, 0.25) is 5.91 Å². The highest BCUT2D eigenvalue weighted by Gasteiger charge is 2.63. The molecule has 2 aromatic rings. The van der Waals surface area contributed by atoms with Gasteiger partial charge in [-0.3, -0.25) is 14.4 Å². The lowest BCUT2D eigenvalue weighted by molar-refractivity contribution is -0.145. The van der Waals surface area contributed by atoms with Crippen LogP contribution >= 0.6 is 22.6 Å². The van der Waals surface area contributed by atoms with Gasteiger partial charge in [0.05, 0.1) is 11.8 Å². The first-order valence-electron chi connectivity index (χ1n) is 9.68. The predicted molar refractivity (Wildman–Crippen MR) is 115 cm³/mol. The minimum absolute atomic E-state index is 0.00911. The molecule has 2 amide bonds. The number of nitrogens with one attached hydrogen (secondary N) is 2. The lowest BCUT2D eigenvalue weighted by Gasteiger charge is -2.23. The van der Waals surface area contributed by atoms with E-state index in [2.05, 4.69) is 33.2 Å². The van der Waals surface area contributed by atoms with E-state index in [4.69, 9.17) is 4.74 Å². The Hall–Kier alpha value is -2.42. The van der Waals surface area contributed by atoms with Crippen LogP contribution in [0, 0.1) is 27.2 Å². The van der Waals surface area contributed by atoms with E-state index in [-0.39, 0.29) is 47.6 Å². The molecule has 1 saturated heterocycles. The summed E-state index contributed by atoms with van der Waals surface area (Å²) < 4.78 is 6.50. The van der Waals surface area contributed by atoms with Crippen LogP contribution in [0.4, 0.5) is 11.4 Å². The number of amides is 2. The first kappa shape index (κ1) is 18.6. The summed E-state index contributed by atoms with van der Waals surface area (Å²) in [6.07, 6.45) is 1.68. The fourth-order valence-corrected chi connectivity index (χ4v) is 5.42. The maximum Gasteiger partial charge on any atom is 0.310 e. The van der Waals surface area contributed by atoms with E-state index in [1.807, 2.05) is 24.3 Å². The van der Waals surface area contributed by atoms with Crippen LogP contribution in [0.25, 0.3) is 0 Å². The highest BCUT2D eigenvalue weighted by atomic mass is 127. The molecule has 5 rings (SSSR count). The lowest BCUT2D eigenvalue weighted by Crippen LogP contribution is -2.35. The van der Waals surface area contributed by atoms with Gasteiger partial charge in [0.25, 0.3) is 5.91 Å². The van der Waals surface area contributed by atoms with Crippen molar-refractivity contribution < 1.29 is 19.1 Å². The van der Waals surface area contributed by atoms with Crippen LogP contribution in [0.1, 0.15) is 23.2 Å². The summed E-state index contributed by atoms with van der Waals surface area (Å²) in [6.45, 7) is 0. The van der Waals surface area contributed by atoms with Gasteiger partial charge < -0.3 is 15.4 Å². The molecule has 2 aromatic carbocycles. The van der Waals surface area contributed by atoms with Crippen molar-refractivity contribution in [2.45, 2.75) is 18.9 Å². The molecule has 1 heterocycles. The van der Waals surface area contributed by atoms with E-state index < -0.39 is 0 Å². The highest BCUT2D eigenvalue weighted by Crippen LogP contribution is 2.57. The molecule has 1 aliphatic heterocycles. The molecular weight excluding hydrogens is 483 g/mol. The molecule has 5 atom stereocenters. The molecule has 6 nitrogen and oxygen atoms in total. The number of carbonyl (C=O) groups excluding carboxylic acids is 3. The number of hydrogen-bond donors (Lipinski definition) is 2. The van der Waals surface area contributed by atoms with Crippen molar-refractivity contribution in [1.29, 1.82) is 0 Å². The Morgan fingerprint density at radius 1 is 1.00 bits per heavy atom. The Bertz CT molecular complexity index is 1000. The second-order valence-electron chi connectivity index (χ2n) is 7.95. The number of carbonyl (C=O) groups is 3. The van der Waals surface area contributed by atoms with Gasteiger partial charge in [0.15, 0.2) is 0 Å². The van der Waals surface area contributed by atoms with Crippen LogP contribution in [0.3, 0.4) is 0 Å². The summed E-state index contributed by atoms with van der Waals surface area (Å²) in [5.41, 5.74) is 1.71. The maximum absolute atomic E-state index is 12.9. The summed E-state index contributed by atoms with van der Waals surface area (Å²) >= 11 is 2.21. The summed E-state index contributed by atoms with van der Waals surface area (Å²) in [7, 11) is 0. The Morgan fingerprint density at radius 2 is 1.79 bits per heavy atom. The van der Waals surface area contributed by atoms with Gasteiger partial charge in [-0.25, -0.2) is 0 Å². The predicted octanol–water partition coefficient (Wildman–Crippen LogP) is 3.68. The first-order valence-corrected chi connectivity index (χ1v) is 10.8. The molecule has 29 heavy (non-hydrogen) atoms. The molecule has 3 fully saturated rings. The second kappa shape index (κ2) is 7.12. The van der Waals surface area contributed by atoms with Crippen LogP contribution in [-0.2, 0) is 14.3 Å². The Kier molecular flexibility index (Phi) is 4.57. The minimum Gasteiger partial charge on any atom is -0.462 e. The molecule has 0 radical (unpaired) electrons. The molecule has 3 aliphatic rings. The second-order valence-corrected chi connectivity index (χ2v) is 9.20. The van der Waals surface area contributed by atoms with E-state index in [1.54, 1.807) is 24.3 Å². The lowest BCUT2D eigenvalue weighted by atomic mass is 9.79. The van der Waals surface area contributed by atoms with Crippen LogP contribution in [0.5, 0.6) is 0 Å². The van der Waals surface area contributed by atoms with Crippen LogP contribution in [-0.4, -0.2) is 23.9 Å². The van der Waals surface area contributed by atoms with Gasteiger partial charge in [-0.1, -0.05) is 6.07 Å². The van der Waals surface area contributed by atoms with Crippen molar-refractivity contribution in [1.82, 2.24) is 0 Å². The zero-order valence-corrected chi connectivity index (χ0v) is 17.6. The smallest absolute Gasteiger partial charge is 0.310 e. The van der Waals surface area contributed by atoms with Crippen molar-refractivity contribution >= 4 is 51.7 Å². The standard InChI is InChI=1S/C22H19IN2O4/c23-13-4-6-14(7-5-13)24-20(26)11-2-1-3-15(8-11)25-21(27)18-12-9-16-17(10-12)29-22(28)19(16)18/h1-8,12,16-19H,9-10H2,(H,24,26)(H,25,27)/t12-,16-,17+,18-,19-/m1/s1. The van der Waals surface area contributed by atoms with E-state index >= 15 is 0 Å². The van der Waals surface area contributed by atoms with Crippen molar-refractivity contribution in [3.8, 4) is 0 Å². The van der Waals surface area contributed by atoms with Crippen LogP contribution in [0.15, 0.2) is 48.5 Å². The third-order valence-corrected chi connectivity index (χ3v) is 7.00. The van der Waals surface area contributed by atoms with Gasteiger partial charge in [0.1, 0.15) is 6.10 Å². The topological polar surface area (TPSA) is 84.5 Å². The quantitative estimate of drug-likeness (QED) is 0.494. The summed E-state index contributed by atoms with van der Waals surface area (Å²) in [4.78, 5) is 37.6. The zero-order valence-electron chi connectivity index (χ0n) is 15.4. The molecule has 7 heteroatoms. The molecule has 0 aromatic heterocycles. The summed E-state index contributed by atoms with van der Waals surface area (Å²) in [6, 6.07) is 14.4. The number of ether oxygens (including phenoxy) is 1. The number of halogens is 1. The fraction of sp³-hybridized carbons (Fsp3) is 0.318. The number of esters is 1. The van der Waals surface area contributed by atoms with Crippen LogP contribution < -0.4 is 10.6 Å². The minimum atomic E-state index is -0.337. The number of hydrogen-bond acceptors (Lipinski definition) is 4. The monoisotopic (exact) mass is 502 g/mol. The van der Waals surface area contributed by atoms with Gasteiger partial charge in [-0.15, -0.1) is 0 Å². The molecule has 148 valence electrons. The van der Waals surface area contributed by atoms with Crippen molar-refractivity contribution in [2.75, 3.05) is 10.6 Å².